The lowest BCUT2D eigenvalue weighted by molar-refractivity contribution is 0.245. The summed E-state index contributed by atoms with van der Waals surface area (Å²) in [6.45, 7) is 4.67. The van der Waals surface area contributed by atoms with Gasteiger partial charge >= 0.3 is 0 Å². The summed E-state index contributed by atoms with van der Waals surface area (Å²) in [5, 5.41) is 3.60. The van der Waals surface area contributed by atoms with Gasteiger partial charge < -0.3 is 18.8 Å². The van der Waals surface area contributed by atoms with Gasteiger partial charge in [-0.2, -0.15) is 4.98 Å². The number of ether oxygens (including phenoxy) is 1. The summed E-state index contributed by atoms with van der Waals surface area (Å²) < 4.78 is 13.5. The first kappa shape index (κ1) is 13.8. The summed E-state index contributed by atoms with van der Waals surface area (Å²) in [5.74, 6) is 1.41. The first-order valence-corrected chi connectivity index (χ1v) is 7.19. The molecule has 2 heterocycles. The Bertz CT molecular complexity index is 789. The summed E-state index contributed by atoms with van der Waals surface area (Å²) in [6.07, 6.45) is 2.15. The van der Waals surface area contributed by atoms with Crippen LogP contribution in [0.15, 0.2) is 29.0 Å². The van der Waals surface area contributed by atoms with E-state index in [9.17, 15) is 0 Å². The highest BCUT2D eigenvalue weighted by Gasteiger charge is 2.11. The van der Waals surface area contributed by atoms with Crippen molar-refractivity contribution in [2.24, 2.45) is 0 Å². The van der Waals surface area contributed by atoms with Gasteiger partial charge in [-0.25, -0.2) is 0 Å². The van der Waals surface area contributed by atoms with Gasteiger partial charge in [-0.3, -0.25) is 0 Å². The normalized spacial score (nSPS) is 11.4. The largest absolute Gasteiger partial charge is 0.489 e. The van der Waals surface area contributed by atoms with Crippen molar-refractivity contribution in [1.29, 1.82) is 0 Å². The number of benzene rings is 1. The lowest BCUT2D eigenvalue weighted by Gasteiger charge is -2.10. The summed E-state index contributed by atoms with van der Waals surface area (Å²) in [7, 11) is 0. The number of para-hydroxylation sites is 1. The molecular formula is C14H16N4O2S. The van der Waals surface area contributed by atoms with Crippen molar-refractivity contribution in [3.05, 3.63) is 35.2 Å². The van der Waals surface area contributed by atoms with Crippen LogP contribution < -0.4 is 4.74 Å². The van der Waals surface area contributed by atoms with Crippen LogP contribution in [0.3, 0.4) is 0 Å². The highest BCUT2D eigenvalue weighted by atomic mass is 32.1. The van der Waals surface area contributed by atoms with Gasteiger partial charge in [-0.15, -0.1) is 0 Å². The van der Waals surface area contributed by atoms with E-state index in [2.05, 4.69) is 15.1 Å². The fraction of sp³-hybridized carbons (Fsp3) is 0.357. The zero-order valence-corrected chi connectivity index (χ0v) is 12.7. The van der Waals surface area contributed by atoms with Crippen LogP contribution in [0.1, 0.15) is 19.7 Å². The minimum atomic E-state index is 0.110. The smallest absolute Gasteiger partial charge is 0.228 e. The Morgan fingerprint density at radius 2 is 2.29 bits per heavy atom. The van der Waals surface area contributed by atoms with Crippen molar-refractivity contribution in [3.8, 4) is 5.75 Å². The van der Waals surface area contributed by atoms with Crippen LogP contribution in [0.2, 0.25) is 0 Å². The summed E-state index contributed by atoms with van der Waals surface area (Å²) in [5.41, 5.74) is 1.93. The average Bonchev–Trinajstić information content (AvgIpc) is 3.04. The van der Waals surface area contributed by atoms with Crippen LogP contribution in [0.4, 0.5) is 0 Å². The molecule has 0 saturated carbocycles. The molecule has 0 fully saturated rings. The van der Waals surface area contributed by atoms with Crippen LogP contribution >= 0.6 is 12.2 Å². The molecule has 0 radical (unpaired) electrons. The fourth-order valence-corrected chi connectivity index (χ4v) is 2.53. The Morgan fingerprint density at radius 3 is 3.00 bits per heavy atom. The van der Waals surface area contributed by atoms with Crippen LogP contribution in [-0.2, 0) is 13.0 Å². The molecule has 3 rings (SSSR count). The highest BCUT2D eigenvalue weighted by Crippen LogP contribution is 2.26. The van der Waals surface area contributed by atoms with E-state index in [1.807, 2.05) is 36.6 Å². The molecule has 0 aliphatic carbocycles. The average molecular weight is 304 g/mol. The molecule has 0 atom stereocenters. The number of H-pyrrole nitrogens is 1. The highest BCUT2D eigenvalue weighted by molar-refractivity contribution is 7.71. The van der Waals surface area contributed by atoms with Gasteiger partial charge in [0.25, 0.3) is 0 Å². The molecule has 0 amide bonds. The minimum absolute atomic E-state index is 0.110. The van der Waals surface area contributed by atoms with E-state index in [1.165, 1.54) is 6.33 Å². The van der Waals surface area contributed by atoms with E-state index in [1.54, 1.807) is 0 Å². The Kier molecular flexibility index (Phi) is 3.74. The first-order chi connectivity index (χ1) is 10.1. The second-order valence-corrected chi connectivity index (χ2v) is 5.37. The Morgan fingerprint density at radius 1 is 1.43 bits per heavy atom. The van der Waals surface area contributed by atoms with Crippen LogP contribution in [0.25, 0.3) is 11.0 Å². The molecule has 1 aromatic carbocycles. The topological polar surface area (TPSA) is 68.9 Å². The Balaban J connectivity index is 1.95. The maximum absolute atomic E-state index is 5.81. The summed E-state index contributed by atoms with van der Waals surface area (Å²) >= 11 is 5.41. The van der Waals surface area contributed by atoms with Crippen LogP contribution in [0.5, 0.6) is 5.75 Å². The number of imidazole rings is 1. The first-order valence-electron chi connectivity index (χ1n) is 6.79. The summed E-state index contributed by atoms with van der Waals surface area (Å²) in [6, 6.07) is 5.92. The quantitative estimate of drug-likeness (QED) is 0.733. The number of aryl methyl sites for hydroxylation is 2. The molecule has 0 saturated heterocycles. The van der Waals surface area contributed by atoms with E-state index in [0.29, 0.717) is 23.6 Å². The third kappa shape index (κ3) is 2.82. The third-order valence-electron chi connectivity index (χ3n) is 3.09. The zero-order chi connectivity index (χ0) is 14.8. The molecule has 21 heavy (non-hydrogen) atoms. The molecule has 0 aliphatic heterocycles. The number of nitrogens with one attached hydrogen (secondary N) is 1. The summed E-state index contributed by atoms with van der Waals surface area (Å²) in [4.78, 5) is 7.24. The molecule has 7 heteroatoms. The molecule has 110 valence electrons. The second kappa shape index (κ2) is 5.69. The number of aromatic amines is 1. The lowest BCUT2D eigenvalue weighted by atomic mass is 10.3. The number of rotatable bonds is 5. The maximum atomic E-state index is 5.81. The molecule has 0 bridgehead atoms. The minimum Gasteiger partial charge on any atom is -0.489 e. The van der Waals surface area contributed by atoms with E-state index in [4.69, 9.17) is 21.5 Å². The predicted octanol–water partition coefficient (Wildman–Crippen LogP) is 3.11. The van der Waals surface area contributed by atoms with Gasteiger partial charge in [-0.05, 0) is 38.2 Å². The SMILES string of the molecule is CC(C)Oc1cccc2c1[nH]c(=S)n2CCc1ncno1. The number of fused-ring (bicyclic) bond motifs is 1. The zero-order valence-electron chi connectivity index (χ0n) is 11.9. The van der Waals surface area contributed by atoms with Crippen molar-refractivity contribution in [1.82, 2.24) is 19.7 Å². The number of hydrogen-bond donors (Lipinski definition) is 1. The number of nitrogens with zero attached hydrogens (tertiary/aromatic N) is 3. The van der Waals surface area contributed by atoms with Crippen molar-refractivity contribution < 1.29 is 9.26 Å². The van der Waals surface area contributed by atoms with E-state index >= 15 is 0 Å². The second-order valence-electron chi connectivity index (χ2n) is 4.98. The van der Waals surface area contributed by atoms with E-state index < -0.39 is 0 Å². The van der Waals surface area contributed by atoms with Gasteiger partial charge in [0.1, 0.15) is 11.3 Å². The monoisotopic (exact) mass is 304 g/mol. The van der Waals surface area contributed by atoms with Crippen molar-refractivity contribution in [2.75, 3.05) is 0 Å². The van der Waals surface area contributed by atoms with Gasteiger partial charge in [0.15, 0.2) is 11.1 Å². The van der Waals surface area contributed by atoms with Crippen LogP contribution in [-0.4, -0.2) is 25.8 Å². The van der Waals surface area contributed by atoms with E-state index in [-0.39, 0.29) is 6.10 Å². The van der Waals surface area contributed by atoms with Crippen LogP contribution in [0, 0.1) is 4.77 Å². The van der Waals surface area contributed by atoms with E-state index in [0.717, 1.165) is 16.8 Å². The maximum Gasteiger partial charge on any atom is 0.228 e. The molecule has 0 spiro atoms. The molecule has 1 N–H and O–H groups in total. The number of aromatic nitrogens is 4. The Hall–Kier alpha value is -2.15. The third-order valence-corrected chi connectivity index (χ3v) is 3.41. The molecule has 6 nitrogen and oxygen atoms in total. The molecule has 2 aromatic heterocycles. The molecule has 0 aliphatic rings. The predicted molar refractivity (Wildman–Crippen MR) is 80.9 cm³/mol. The van der Waals surface area contributed by atoms with Gasteiger partial charge in [0.05, 0.1) is 11.6 Å². The van der Waals surface area contributed by atoms with Gasteiger partial charge in [0.2, 0.25) is 5.89 Å². The van der Waals surface area contributed by atoms with Gasteiger partial charge in [0, 0.05) is 13.0 Å². The molecule has 0 unspecified atom stereocenters. The number of hydrogen-bond acceptors (Lipinski definition) is 5. The van der Waals surface area contributed by atoms with Crippen molar-refractivity contribution in [2.45, 2.75) is 32.9 Å². The van der Waals surface area contributed by atoms with Gasteiger partial charge in [-0.1, -0.05) is 11.2 Å². The fourth-order valence-electron chi connectivity index (χ4n) is 2.24. The standard InChI is InChI=1S/C14H16N4O2S/c1-9(2)19-11-5-3-4-10-13(11)17-14(21)18(10)7-6-12-15-8-16-20-12/h3-5,8-9H,6-7H2,1-2H3,(H,17,21). The van der Waals surface area contributed by atoms with Crippen molar-refractivity contribution in [3.63, 3.8) is 0 Å². The Labute approximate surface area is 126 Å². The van der Waals surface area contributed by atoms with Crippen molar-refractivity contribution >= 4 is 23.3 Å². The molecular weight excluding hydrogens is 288 g/mol. The lowest BCUT2D eigenvalue weighted by Crippen LogP contribution is -2.06. The molecule has 3 aromatic rings.